The molecule has 2 bridgehead atoms. The molecular formula is C23H39NO4. The Bertz CT molecular complexity index is 527. The molecule has 5 nitrogen and oxygen atoms in total. The van der Waals surface area contributed by atoms with Crippen molar-refractivity contribution in [2.75, 3.05) is 6.61 Å². The Morgan fingerprint density at radius 1 is 1.11 bits per heavy atom. The van der Waals surface area contributed by atoms with Gasteiger partial charge >= 0.3 is 0 Å². The van der Waals surface area contributed by atoms with E-state index in [1.165, 1.54) is 44.9 Å². The molecule has 0 spiro atoms. The van der Waals surface area contributed by atoms with Crippen molar-refractivity contribution in [2.24, 2.45) is 17.3 Å². The molecule has 1 amide bonds. The van der Waals surface area contributed by atoms with Gasteiger partial charge in [-0.15, -0.1) is 0 Å². The third-order valence-electron chi connectivity index (χ3n) is 7.17. The van der Waals surface area contributed by atoms with Gasteiger partial charge in [0.25, 0.3) is 0 Å². The highest BCUT2D eigenvalue weighted by Gasteiger charge is 2.47. The van der Waals surface area contributed by atoms with Crippen LogP contribution in [0.15, 0.2) is 12.2 Å². The Morgan fingerprint density at radius 2 is 1.82 bits per heavy atom. The van der Waals surface area contributed by atoms with Crippen LogP contribution in [0.5, 0.6) is 0 Å². The first-order chi connectivity index (χ1) is 13.5. The van der Waals surface area contributed by atoms with Crippen molar-refractivity contribution < 1.29 is 19.5 Å². The van der Waals surface area contributed by atoms with Crippen molar-refractivity contribution in [3.63, 3.8) is 0 Å². The van der Waals surface area contributed by atoms with E-state index in [1.54, 1.807) is 5.48 Å². The van der Waals surface area contributed by atoms with Gasteiger partial charge in [-0.05, 0) is 63.2 Å². The maximum atomic E-state index is 11.6. The molecule has 0 aromatic carbocycles. The summed E-state index contributed by atoms with van der Waals surface area (Å²) in [4.78, 5) is 11.6. The zero-order chi connectivity index (χ0) is 20.0. The molecule has 0 unspecified atom stereocenters. The van der Waals surface area contributed by atoms with Crippen LogP contribution in [-0.2, 0) is 14.3 Å². The summed E-state index contributed by atoms with van der Waals surface area (Å²) < 4.78 is 12.4. The molecule has 0 aromatic rings. The zero-order valence-electron chi connectivity index (χ0n) is 17.7. The van der Waals surface area contributed by atoms with E-state index in [2.05, 4.69) is 12.2 Å². The minimum absolute atomic E-state index is 0.319. The van der Waals surface area contributed by atoms with E-state index in [4.69, 9.17) is 14.7 Å². The van der Waals surface area contributed by atoms with E-state index in [0.717, 1.165) is 32.3 Å². The molecule has 0 aromatic heterocycles. The molecule has 28 heavy (non-hydrogen) atoms. The molecule has 5 heteroatoms. The summed E-state index contributed by atoms with van der Waals surface area (Å²) in [7, 11) is 0. The van der Waals surface area contributed by atoms with Crippen molar-refractivity contribution in [3.05, 3.63) is 12.2 Å². The fraction of sp³-hybridized carbons (Fsp3) is 0.870. The van der Waals surface area contributed by atoms with Gasteiger partial charge in [0.15, 0.2) is 0 Å². The number of rotatable bonds is 10. The lowest BCUT2D eigenvalue weighted by Gasteiger charge is -2.28. The number of nitrogens with one attached hydrogen (secondary N) is 1. The second-order valence-electron chi connectivity index (χ2n) is 9.61. The van der Waals surface area contributed by atoms with Crippen LogP contribution in [0.25, 0.3) is 0 Å². The first-order valence-corrected chi connectivity index (χ1v) is 11.4. The van der Waals surface area contributed by atoms with E-state index in [1.807, 2.05) is 13.8 Å². The van der Waals surface area contributed by atoms with Crippen LogP contribution in [0.3, 0.4) is 0 Å². The van der Waals surface area contributed by atoms with Crippen LogP contribution in [0.2, 0.25) is 0 Å². The van der Waals surface area contributed by atoms with Gasteiger partial charge in [0.05, 0.1) is 18.3 Å². The van der Waals surface area contributed by atoms with Crippen LogP contribution < -0.4 is 5.48 Å². The van der Waals surface area contributed by atoms with Crippen molar-refractivity contribution in [2.45, 2.75) is 103 Å². The first-order valence-electron chi connectivity index (χ1n) is 11.4. The fourth-order valence-electron chi connectivity index (χ4n) is 5.28. The highest BCUT2D eigenvalue weighted by Crippen LogP contribution is 2.46. The summed E-state index contributed by atoms with van der Waals surface area (Å²) in [5.41, 5.74) is 1.22. The number of fused-ring (bicyclic) bond motifs is 2. The summed E-state index contributed by atoms with van der Waals surface area (Å²) in [6.45, 7) is 4.60. The molecule has 2 heterocycles. The zero-order valence-corrected chi connectivity index (χ0v) is 17.7. The van der Waals surface area contributed by atoms with Crippen LogP contribution in [0, 0.1) is 17.3 Å². The average Bonchev–Trinajstić information content (AvgIpc) is 3.30. The number of hydrogen-bond donors (Lipinski definition) is 2. The summed E-state index contributed by atoms with van der Waals surface area (Å²) in [6.07, 6.45) is 18.5. The molecule has 1 saturated carbocycles. The van der Waals surface area contributed by atoms with Gasteiger partial charge in [0.1, 0.15) is 0 Å². The lowest BCUT2D eigenvalue weighted by molar-refractivity contribution is -0.138. The lowest BCUT2D eigenvalue weighted by Crippen LogP contribution is -2.34. The average molecular weight is 394 g/mol. The normalized spacial score (nSPS) is 31.0. The number of hydroxylamine groups is 1. The molecule has 2 N–H and O–H groups in total. The molecule has 1 aliphatic carbocycles. The van der Waals surface area contributed by atoms with Gasteiger partial charge in [-0.2, -0.15) is 0 Å². The predicted molar refractivity (Wildman–Crippen MR) is 109 cm³/mol. The molecular weight excluding hydrogens is 354 g/mol. The summed E-state index contributed by atoms with van der Waals surface area (Å²) >= 11 is 0. The van der Waals surface area contributed by atoms with Crippen molar-refractivity contribution in [1.82, 2.24) is 5.48 Å². The van der Waals surface area contributed by atoms with E-state index >= 15 is 0 Å². The smallest absolute Gasteiger partial charge is 0.248 e. The van der Waals surface area contributed by atoms with Crippen LogP contribution in [0.4, 0.5) is 0 Å². The van der Waals surface area contributed by atoms with Gasteiger partial charge in [-0.3, -0.25) is 10.0 Å². The predicted octanol–water partition coefficient (Wildman–Crippen LogP) is 4.78. The Morgan fingerprint density at radius 3 is 2.54 bits per heavy atom. The largest absolute Gasteiger partial charge is 0.378 e. The minimum Gasteiger partial charge on any atom is -0.378 e. The Hall–Kier alpha value is -0.910. The number of ether oxygens (including phenoxy) is 2. The van der Waals surface area contributed by atoms with Gasteiger partial charge in [0.2, 0.25) is 5.91 Å². The maximum Gasteiger partial charge on any atom is 0.248 e. The van der Waals surface area contributed by atoms with Crippen LogP contribution in [0.1, 0.15) is 84.5 Å². The quantitative estimate of drug-likeness (QED) is 0.318. The molecule has 0 radical (unpaired) electrons. The standard InChI is InChI=1S/C23H39NO4/c1-23(2,22(25)24-26)15-8-4-7-11-18-19(21-13-12-20(18)28-21)14-16-27-17-9-5-3-6-10-17/h4,7,17-21,26H,3,5-6,8-16H2,1-2H3,(H,24,25)/b7-4-/t18-,19+,20-,21+/m1/s1. The Balaban J connectivity index is 1.40. The second-order valence-corrected chi connectivity index (χ2v) is 9.61. The third kappa shape index (κ3) is 5.58. The van der Waals surface area contributed by atoms with Gasteiger partial charge in [0, 0.05) is 12.0 Å². The molecule has 160 valence electrons. The van der Waals surface area contributed by atoms with Gasteiger partial charge in [-0.25, -0.2) is 5.48 Å². The Kier molecular flexibility index (Phi) is 7.95. The van der Waals surface area contributed by atoms with Crippen LogP contribution in [-0.4, -0.2) is 36.0 Å². The van der Waals surface area contributed by atoms with E-state index in [9.17, 15) is 4.79 Å². The SMILES string of the molecule is CC(C)(CC/C=C\C[C@@H]1[C@H](CCOC2CCCCC2)[C@@H]2CC[C@H]1O2)C(=O)NO. The minimum atomic E-state index is -0.548. The van der Waals surface area contributed by atoms with Gasteiger partial charge in [-0.1, -0.05) is 45.3 Å². The number of carbonyl (C=O) groups excluding carboxylic acids is 1. The van der Waals surface area contributed by atoms with Crippen molar-refractivity contribution in [3.8, 4) is 0 Å². The lowest BCUT2D eigenvalue weighted by atomic mass is 9.76. The molecule has 2 aliphatic heterocycles. The first kappa shape index (κ1) is 21.8. The topological polar surface area (TPSA) is 67.8 Å². The van der Waals surface area contributed by atoms with Crippen molar-refractivity contribution >= 4 is 5.91 Å². The van der Waals surface area contributed by atoms with Crippen molar-refractivity contribution in [1.29, 1.82) is 0 Å². The van der Waals surface area contributed by atoms with Crippen LogP contribution >= 0.6 is 0 Å². The highest BCUT2D eigenvalue weighted by molar-refractivity contribution is 5.80. The molecule has 2 saturated heterocycles. The summed E-state index contributed by atoms with van der Waals surface area (Å²) in [5.74, 6) is 0.919. The third-order valence-corrected chi connectivity index (χ3v) is 7.17. The maximum absolute atomic E-state index is 11.6. The molecule has 4 atom stereocenters. The van der Waals surface area contributed by atoms with E-state index < -0.39 is 5.41 Å². The fourth-order valence-corrected chi connectivity index (χ4v) is 5.28. The number of hydrogen-bond acceptors (Lipinski definition) is 4. The summed E-state index contributed by atoms with van der Waals surface area (Å²) in [5, 5.41) is 8.82. The Labute approximate surface area is 170 Å². The highest BCUT2D eigenvalue weighted by atomic mass is 16.5. The summed E-state index contributed by atoms with van der Waals surface area (Å²) in [6, 6.07) is 0. The molecule has 3 fully saturated rings. The van der Waals surface area contributed by atoms with E-state index in [-0.39, 0.29) is 5.91 Å². The van der Waals surface area contributed by atoms with Gasteiger partial charge < -0.3 is 9.47 Å². The van der Waals surface area contributed by atoms with E-state index in [0.29, 0.717) is 30.1 Å². The molecule has 3 aliphatic rings. The monoisotopic (exact) mass is 393 g/mol. The number of allylic oxidation sites excluding steroid dienone is 2. The number of amides is 1. The molecule has 3 rings (SSSR count). The number of carbonyl (C=O) groups is 1. The second kappa shape index (κ2) is 10.2.